The van der Waals surface area contributed by atoms with Crippen molar-refractivity contribution in [1.82, 2.24) is 9.66 Å². The lowest BCUT2D eigenvalue weighted by Gasteiger charge is -2.15. The molecule has 0 saturated heterocycles. The minimum Gasteiger partial charge on any atom is -0.496 e. The first kappa shape index (κ1) is 28.2. The zero-order chi connectivity index (χ0) is 29.9. The number of nitrogens with zero attached hydrogens (tertiary/aromatic N) is 3. The highest BCUT2D eigenvalue weighted by Crippen LogP contribution is 2.37. The molecule has 0 radical (unpaired) electrons. The van der Waals surface area contributed by atoms with Gasteiger partial charge in [0, 0.05) is 0 Å². The second kappa shape index (κ2) is 12.1. The largest absolute Gasteiger partial charge is 0.496 e. The molecule has 0 spiro atoms. The monoisotopic (exact) mass is 637 g/mol. The van der Waals surface area contributed by atoms with E-state index in [2.05, 4.69) is 33.2 Å². The average molecular weight is 639 g/mol. The molecule has 0 amide bonds. The second-order valence-corrected chi connectivity index (χ2v) is 10.7. The van der Waals surface area contributed by atoms with Crippen LogP contribution in [0, 0.1) is 6.92 Å². The molecule has 0 atom stereocenters. The van der Waals surface area contributed by atoms with E-state index in [0.29, 0.717) is 62.7 Å². The van der Waals surface area contributed by atoms with Crippen molar-refractivity contribution in [3.05, 3.63) is 116 Å². The van der Waals surface area contributed by atoms with Gasteiger partial charge in [-0.05, 0) is 83.4 Å². The molecule has 0 aliphatic rings. The van der Waals surface area contributed by atoms with Gasteiger partial charge < -0.3 is 18.6 Å². The fraction of sp³-hybridized carbons (Fsp3) is 0.147. The van der Waals surface area contributed by atoms with Crippen LogP contribution >= 0.6 is 15.9 Å². The van der Waals surface area contributed by atoms with Crippen molar-refractivity contribution < 1.29 is 18.6 Å². The Balaban J connectivity index is 1.41. The van der Waals surface area contributed by atoms with Crippen molar-refractivity contribution in [2.24, 2.45) is 5.10 Å². The van der Waals surface area contributed by atoms with Crippen molar-refractivity contribution in [2.75, 3.05) is 13.7 Å². The summed E-state index contributed by atoms with van der Waals surface area (Å²) in [6, 6.07) is 26.4. The SMILES string of the molecule is CCOc1cc(C=Nn2c(-c3cc4c(OC)cccc4o3)nc3ccccc3c2=O)cc(Br)c1OCc1ccc(C)cc1. The van der Waals surface area contributed by atoms with Crippen LogP contribution < -0.4 is 19.8 Å². The second-order valence-electron chi connectivity index (χ2n) is 9.83. The zero-order valence-corrected chi connectivity index (χ0v) is 25.4. The number of aromatic nitrogens is 2. The Bertz CT molecular complexity index is 2030. The van der Waals surface area contributed by atoms with Gasteiger partial charge in [-0.1, -0.05) is 48.0 Å². The van der Waals surface area contributed by atoms with Gasteiger partial charge >= 0.3 is 0 Å². The fourth-order valence-corrected chi connectivity index (χ4v) is 5.32. The highest BCUT2D eigenvalue weighted by molar-refractivity contribution is 9.10. The number of furan rings is 1. The van der Waals surface area contributed by atoms with Crippen LogP contribution in [0.2, 0.25) is 0 Å². The molecule has 0 aliphatic carbocycles. The lowest BCUT2D eigenvalue weighted by molar-refractivity contribution is 0.267. The van der Waals surface area contributed by atoms with Gasteiger partial charge in [-0.25, -0.2) is 4.98 Å². The molecule has 43 heavy (non-hydrogen) atoms. The zero-order valence-electron chi connectivity index (χ0n) is 23.8. The smallest absolute Gasteiger partial charge is 0.282 e. The van der Waals surface area contributed by atoms with Gasteiger partial charge in [0.15, 0.2) is 17.3 Å². The molecule has 6 rings (SSSR count). The standard InChI is InChI=1S/C34H28BrN3O5/c1-4-41-30-17-23(16-26(35)32(30)42-20-22-14-12-21(2)13-15-22)19-36-38-33(37-27-9-6-5-8-24(27)34(38)39)31-18-25-28(40-3)10-7-11-29(25)43-31/h5-19H,4,20H2,1-3H3. The maximum absolute atomic E-state index is 13.7. The predicted octanol–water partition coefficient (Wildman–Crippen LogP) is 7.75. The number of methoxy groups -OCH3 is 1. The van der Waals surface area contributed by atoms with E-state index in [1.807, 2.05) is 62.4 Å². The van der Waals surface area contributed by atoms with E-state index in [0.717, 1.165) is 10.9 Å². The Labute approximate surface area is 256 Å². The molecular formula is C34H28BrN3O5. The minimum atomic E-state index is -0.327. The maximum atomic E-state index is 13.7. The van der Waals surface area contributed by atoms with Crippen molar-refractivity contribution in [2.45, 2.75) is 20.5 Å². The van der Waals surface area contributed by atoms with Crippen LogP contribution in [0.15, 0.2) is 104 Å². The summed E-state index contributed by atoms with van der Waals surface area (Å²) in [4.78, 5) is 18.5. The van der Waals surface area contributed by atoms with Gasteiger partial charge in [-0.3, -0.25) is 4.79 Å². The quantitative estimate of drug-likeness (QED) is 0.151. The Morgan fingerprint density at radius 2 is 1.77 bits per heavy atom. The number of halogens is 1. The summed E-state index contributed by atoms with van der Waals surface area (Å²) in [6.45, 7) is 4.79. The number of rotatable bonds is 9. The van der Waals surface area contributed by atoms with Crippen LogP contribution in [-0.4, -0.2) is 29.6 Å². The Morgan fingerprint density at radius 1 is 0.953 bits per heavy atom. The van der Waals surface area contributed by atoms with Gasteiger partial charge in [0.2, 0.25) is 5.82 Å². The predicted molar refractivity (Wildman–Crippen MR) is 172 cm³/mol. The molecule has 0 bridgehead atoms. The van der Waals surface area contributed by atoms with Gasteiger partial charge in [-0.15, -0.1) is 0 Å². The number of fused-ring (bicyclic) bond motifs is 2. The molecule has 0 fully saturated rings. The molecule has 0 aliphatic heterocycles. The van der Waals surface area contributed by atoms with Gasteiger partial charge in [0.25, 0.3) is 5.56 Å². The number of benzene rings is 4. The van der Waals surface area contributed by atoms with Gasteiger partial charge in [-0.2, -0.15) is 9.78 Å². The van der Waals surface area contributed by atoms with Crippen molar-refractivity contribution in [3.63, 3.8) is 0 Å². The highest BCUT2D eigenvalue weighted by atomic mass is 79.9. The number of hydrogen-bond donors (Lipinski definition) is 0. The average Bonchev–Trinajstić information content (AvgIpc) is 3.46. The van der Waals surface area contributed by atoms with Gasteiger partial charge in [0.1, 0.15) is 17.9 Å². The van der Waals surface area contributed by atoms with E-state index in [-0.39, 0.29) is 11.4 Å². The summed E-state index contributed by atoms with van der Waals surface area (Å²) in [6.07, 6.45) is 1.58. The van der Waals surface area contributed by atoms with E-state index < -0.39 is 0 Å². The molecule has 2 aromatic heterocycles. The molecule has 6 aromatic rings. The highest BCUT2D eigenvalue weighted by Gasteiger charge is 2.18. The molecule has 0 N–H and O–H groups in total. The fourth-order valence-electron chi connectivity index (χ4n) is 4.74. The Kier molecular flexibility index (Phi) is 7.98. The third kappa shape index (κ3) is 5.76. The molecule has 216 valence electrons. The normalized spacial score (nSPS) is 11.4. The summed E-state index contributed by atoms with van der Waals surface area (Å²) < 4.78 is 25.7. The molecular weight excluding hydrogens is 610 g/mol. The van der Waals surface area contributed by atoms with Crippen molar-refractivity contribution >= 4 is 44.0 Å². The van der Waals surface area contributed by atoms with Crippen LogP contribution in [0.25, 0.3) is 33.5 Å². The first-order valence-electron chi connectivity index (χ1n) is 13.7. The third-order valence-corrected chi connectivity index (χ3v) is 7.46. The summed E-state index contributed by atoms with van der Waals surface area (Å²) in [7, 11) is 1.60. The summed E-state index contributed by atoms with van der Waals surface area (Å²) in [5, 5.41) is 5.80. The third-order valence-electron chi connectivity index (χ3n) is 6.87. The minimum absolute atomic E-state index is 0.264. The number of aryl methyl sites for hydroxylation is 1. The molecule has 2 heterocycles. The molecule has 8 nitrogen and oxygen atoms in total. The number of hydrogen-bond acceptors (Lipinski definition) is 7. The van der Waals surface area contributed by atoms with Crippen LogP contribution in [0.5, 0.6) is 17.2 Å². The lowest BCUT2D eigenvalue weighted by atomic mass is 10.1. The Morgan fingerprint density at radius 3 is 2.56 bits per heavy atom. The number of ether oxygens (including phenoxy) is 3. The first-order valence-corrected chi connectivity index (χ1v) is 14.5. The summed E-state index contributed by atoms with van der Waals surface area (Å²) in [5.74, 6) is 2.44. The van der Waals surface area contributed by atoms with Gasteiger partial charge in [0.05, 0.1) is 40.7 Å². The molecule has 4 aromatic carbocycles. The van der Waals surface area contributed by atoms with E-state index in [4.69, 9.17) is 23.6 Å². The number of para-hydroxylation sites is 1. The van der Waals surface area contributed by atoms with Crippen LogP contribution in [0.3, 0.4) is 0 Å². The summed E-state index contributed by atoms with van der Waals surface area (Å²) >= 11 is 3.64. The van der Waals surface area contributed by atoms with E-state index in [1.165, 1.54) is 10.2 Å². The van der Waals surface area contributed by atoms with E-state index in [1.54, 1.807) is 37.6 Å². The lowest BCUT2D eigenvalue weighted by Crippen LogP contribution is -2.20. The molecule has 9 heteroatoms. The van der Waals surface area contributed by atoms with Crippen LogP contribution in [0.1, 0.15) is 23.6 Å². The molecule has 0 unspecified atom stereocenters. The van der Waals surface area contributed by atoms with Crippen molar-refractivity contribution in [3.8, 4) is 28.8 Å². The van der Waals surface area contributed by atoms with E-state index >= 15 is 0 Å². The first-order chi connectivity index (χ1) is 20.9. The van der Waals surface area contributed by atoms with Crippen molar-refractivity contribution in [1.29, 1.82) is 0 Å². The topological polar surface area (TPSA) is 88.1 Å². The molecule has 0 saturated carbocycles. The Hall–Kier alpha value is -4.89. The summed E-state index contributed by atoms with van der Waals surface area (Å²) in [5.41, 5.74) is 3.75. The maximum Gasteiger partial charge on any atom is 0.282 e. The van der Waals surface area contributed by atoms with Crippen LogP contribution in [-0.2, 0) is 6.61 Å². The van der Waals surface area contributed by atoms with E-state index in [9.17, 15) is 4.79 Å². The van der Waals surface area contributed by atoms with Crippen LogP contribution in [0.4, 0.5) is 0 Å².